The van der Waals surface area contributed by atoms with Gasteiger partial charge in [0.1, 0.15) is 5.75 Å². The molecule has 0 aromatic heterocycles. The Kier molecular flexibility index (Phi) is 7.54. The van der Waals surface area contributed by atoms with E-state index in [2.05, 4.69) is 20.8 Å². The summed E-state index contributed by atoms with van der Waals surface area (Å²) in [6.07, 6.45) is 6.13. The van der Waals surface area contributed by atoms with Crippen LogP contribution in [0.5, 0.6) is 5.75 Å². The second kappa shape index (κ2) is 9.29. The topological polar surface area (TPSA) is 63.7 Å². The highest BCUT2D eigenvalue weighted by molar-refractivity contribution is 7.90. The van der Waals surface area contributed by atoms with Crippen molar-refractivity contribution in [3.05, 3.63) is 24.3 Å². The van der Waals surface area contributed by atoms with Crippen LogP contribution in [0.3, 0.4) is 0 Å². The highest BCUT2D eigenvalue weighted by Gasteiger charge is 2.33. The van der Waals surface area contributed by atoms with Crippen LogP contribution in [0.15, 0.2) is 29.2 Å². The van der Waals surface area contributed by atoms with Gasteiger partial charge in [0.05, 0.1) is 11.5 Å². The van der Waals surface area contributed by atoms with Crippen molar-refractivity contribution in [1.29, 1.82) is 0 Å². The molecule has 0 saturated heterocycles. The first-order valence-electron chi connectivity index (χ1n) is 10.2. The molecule has 0 heterocycles. The number of carbonyl (C=O) groups excluding carboxylic acids is 1. The third-order valence-corrected chi connectivity index (χ3v) is 6.93. The summed E-state index contributed by atoms with van der Waals surface area (Å²) >= 11 is 0. The lowest BCUT2D eigenvalue weighted by Gasteiger charge is -2.37. The first-order chi connectivity index (χ1) is 13.0. The summed E-state index contributed by atoms with van der Waals surface area (Å²) in [5.74, 6) is 1.64. The fourth-order valence-corrected chi connectivity index (χ4v) is 4.57. The summed E-state index contributed by atoms with van der Waals surface area (Å²) in [6, 6.07) is 6.52. The van der Waals surface area contributed by atoms with Crippen molar-refractivity contribution in [1.82, 2.24) is 4.90 Å². The zero-order valence-electron chi connectivity index (χ0n) is 17.9. The maximum atomic E-state index is 12.7. The van der Waals surface area contributed by atoms with Gasteiger partial charge >= 0.3 is 0 Å². The Labute approximate surface area is 170 Å². The van der Waals surface area contributed by atoms with Gasteiger partial charge in [-0.1, -0.05) is 26.8 Å². The molecule has 0 unspecified atom stereocenters. The van der Waals surface area contributed by atoms with Crippen molar-refractivity contribution in [2.75, 3.05) is 26.5 Å². The van der Waals surface area contributed by atoms with Crippen molar-refractivity contribution in [3.63, 3.8) is 0 Å². The lowest BCUT2D eigenvalue weighted by molar-refractivity contribution is -0.136. The first kappa shape index (κ1) is 22.7. The van der Waals surface area contributed by atoms with E-state index in [1.54, 1.807) is 18.2 Å². The minimum atomic E-state index is -3.24. The highest BCUT2D eigenvalue weighted by atomic mass is 32.2. The van der Waals surface area contributed by atoms with E-state index < -0.39 is 9.84 Å². The van der Waals surface area contributed by atoms with Crippen LogP contribution < -0.4 is 4.74 Å². The monoisotopic (exact) mass is 409 g/mol. The lowest BCUT2D eigenvalue weighted by atomic mass is 9.69. The molecule has 0 radical (unpaired) electrons. The number of rotatable bonds is 7. The largest absolute Gasteiger partial charge is 0.493 e. The van der Waals surface area contributed by atoms with Gasteiger partial charge in [-0.25, -0.2) is 8.42 Å². The van der Waals surface area contributed by atoms with Gasteiger partial charge in [0, 0.05) is 25.8 Å². The van der Waals surface area contributed by atoms with E-state index in [9.17, 15) is 13.2 Å². The van der Waals surface area contributed by atoms with Crippen molar-refractivity contribution in [2.45, 2.75) is 57.8 Å². The van der Waals surface area contributed by atoms with Crippen LogP contribution in [-0.2, 0) is 14.6 Å². The van der Waals surface area contributed by atoms with Gasteiger partial charge in [-0.2, -0.15) is 0 Å². The third kappa shape index (κ3) is 6.50. The number of hydrogen-bond donors (Lipinski definition) is 0. The molecule has 1 fully saturated rings. The Bertz CT molecular complexity index is 759. The zero-order chi connectivity index (χ0) is 20.9. The Morgan fingerprint density at radius 2 is 1.82 bits per heavy atom. The summed E-state index contributed by atoms with van der Waals surface area (Å²) < 4.78 is 28.9. The van der Waals surface area contributed by atoms with Crippen molar-refractivity contribution < 1.29 is 17.9 Å². The molecular formula is C22H35NO4S. The SMILES string of the molecule is CN(CCCOc1cccc(S(C)(=O)=O)c1)C(=O)C1CCC(C(C)(C)C)CC1. The Hall–Kier alpha value is -1.56. The molecule has 0 bridgehead atoms. The molecule has 1 aliphatic rings. The van der Waals surface area contributed by atoms with E-state index in [1.807, 2.05) is 11.9 Å². The molecular weight excluding hydrogens is 374 g/mol. The van der Waals surface area contributed by atoms with E-state index >= 15 is 0 Å². The second-order valence-electron chi connectivity index (χ2n) is 9.12. The first-order valence-corrected chi connectivity index (χ1v) is 12.1. The van der Waals surface area contributed by atoms with Crippen LogP contribution in [0.25, 0.3) is 0 Å². The molecule has 158 valence electrons. The molecule has 0 atom stereocenters. The van der Waals surface area contributed by atoms with Crippen LogP contribution in [0.1, 0.15) is 52.9 Å². The molecule has 2 rings (SSSR count). The minimum absolute atomic E-state index is 0.149. The third-order valence-electron chi connectivity index (χ3n) is 5.82. The molecule has 1 aliphatic carbocycles. The number of ether oxygens (including phenoxy) is 1. The average Bonchev–Trinajstić information content (AvgIpc) is 2.63. The molecule has 5 nitrogen and oxygen atoms in total. The number of benzene rings is 1. The van der Waals surface area contributed by atoms with Crippen molar-refractivity contribution in [3.8, 4) is 5.75 Å². The number of amides is 1. The normalized spacial score (nSPS) is 20.6. The zero-order valence-corrected chi connectivity index (χ0v) is 18.7. The number of hydrogen-bond acceptors (Lipinski definition) is 4. The summed E-state index contributed by atoms with van der Waals surface area (Å²) in [5, 5.41) is 0. The molecule has 1 aromatic rings. The standard InChI is InChI=1S/C22H35NO4S/c1-22(2,3)18-12-10-17(11-13-18)21(24)23(4)14-7-15-27-19-8-6-9-20(16-19)28(5,25)26/h6,8-9,16-18H,7,10-15H2,1-5H3. The van der Waals surface area contributed by atoms with Crippen LogP contribution in [0, 0.1) is 17.3 Å². The highest BCUT2D eigenvalue weighted by Crippen LogP contribution is 2.40. The minimum Gasteiger partial charge on any atom is -0.493 e. The maximum absolute atomic E-state index is 12.7. The van der Waals surface area contributed by atoms with Gasteiger partial charge in [-0.15, -0.1) is 0 Å². The summed E-state index contributed by atoms with van der Waals surface area (Å²) in [6.45, 7) is 7.96. The smallest absolute Gasteiger partial charge is 0.225 e. The van der Waals surface area contributed by atoms with Crippen LogP contribution in [-0.4, -0.2) is 45.7 Å². The van der Waals surface area contributed by atoms with E-state index in [0.717, 1.165) is 25.7 Å². The van der Waals surface area contributed by atoms with E-state index in [4.69, 9.17) is 4.74 Å². The van der Waals surface area contributed by atoms with Crippen LogP contribution in [0.2, 0.25) is 0 Å². The Balaban J connectivity index is 1.74. The average molecular weight is 410 g/mol. The molecule has 1 amide bonds. The molecule has 1 saturated carbocycles. The fourth-order valence-electron chi connectivity index (χ4n) is 3.91. The lowest BCUT2D eigenvalue weighted by Crippen LogP contribution is -2.37. The Morgan fingerprint density at radius 3 is 2.39 bits per heavy atom. The predicted molar refractivity (Wildman–Crippen MR) is 112 cm³/mol. The van der Waals surface area contributed by atoms with Gasteiger partial charge in [0.25, 0.3) is 0 Å². The van der Waals surface area contributed by atoms with Crippen LogP contribution >= 0.6 is 0 Å². The van der Waals surface area contributed by atoms with Gasteiger partial charge in [0.15, 0.2) is 9.84 Å². The molecule has 1 aromatic carbocycles. The molecule has 28 heavy (non-hydrogen) atoms. The van der Waals surface area contributed by atoms with Crippen molar-refractivity contribution >= 4 is 15.7 Å². The number of nitrogens with zero attached hydrogens (tertiary/aromatic N) is 1. The molecule has 6 heteroatoms. The van der Waals surface area contributed by atoms with Gasteiger partial charge in [-0.3, -0.25) is 4.79 Å². The fraction of sp³-hybridized carbons (Fsp3) is 0.682. The van der Waals surface area contributed by atoms with Crippen molar-refractivity contribution in [2.24, 2.45) is 17.3 Å². The maximum Gasteiger partial charge on any atom is 0.225 e. The molecule has 0 aliphatic heterocycles. The summed E-state index contributed by atoms with van der Waals surface area (Å²) in [4.78, 5) is 14.8. The Morgan fingerprint density at radius 1 is 1.18 bits per heavy atom. The number of sulfone groups is 1. The van der Waals surface area contributed by atoms with Gasteiger partial charge < -0.3 is 9.64 Å². The summed E-state index contributed by atoms with van der Waals surface area (Å²) in [5.41, 5.74) is 0.325. The second-order valence-corrected chi connectivity index (χ2v) is 11.1. The molecule has 0 N–H and O–H groups in total. The predicted octanol–water partition coefficient (Wildman–Crippen LogP) is 4.17. The van der Waals surface area contributed by atoms with E-state index in [1.165, 1.54) is 12.3 Å². The summed E-state index contributed by atoms with van der Waals surface area (Å²) in [7, 11) is -1.38. The van der Waals surface area contributed by atoms with Gasteiger partial charge in [0.2, 0.25) is 5.91 Å². The van der Waals surface area contributed by atoms with E-state index in [0.29, 0.717) is 36.7 Å². The van der Waals surface area contributed by atoms with Gasteiger partial charge in [-0.05, 0) is 61.6 Å². The quantitative estimate of drug-likeness (QED) is 0.634. The molecule has 0 spiro atoms. The number of carbonyl (C=O) groups is 1. The van der Waals surface area contributed by atoms with E-state index in [-0.39, 0.29) is 16.7 Å². The van der Waals surface area contributed by atoms with Crippen LogP contribution in [0.4, 0.5) is 0 Å².